The Balaban J connectivity index is 1.39. The number of carbonyl (C=O) groups is 1. The van der Waals surface area contributed by atoms with Gasteiger partial charge in [-0.2, -0.15) is 0 Å². The third kappa shape index (κ3) is 2.33. The molecule has 1 heterocycles. The van der Waals surface area contributed by atoms with E-state index in [1.165, 1.54) is 29.7 Å². The molecule has 2 unspecified atom stereocenters. The van der Waals surface area contributed by atoms with Crippen molar-refractivity contribution in [2.75, 3.05) is 5.32 Å². The summed E-state index contributed by atoms with van der Waals surface area (Å²) < 4.78 is 0. The fraction of sp³-hybridized carbons (Fsp3) is 0.400. The largest absolute Gasteiger partial charge is 0.300 e. The molecule has 4 rings (SSSR count). The molecule has 1 aromatic carbocycles. The van der Waals surface area contributed by atoms with E-state index in [1.807, 2.05) is 18.2 Å². The van der Waals surface area contributed by atoms with Crippen molar-refractivity contribution in [3.8, 4) is 0 Å². The first-order chi connectivity index (χ1) is 9.81. The van der Waals surface area contributed by atoms with Gasteiger partial charge in [-0.3, -0.25) is 4.79 Å². The highest BCUT2D eigenvalue weighted by molar-refractivity contribution is 7.15. The Kier molecular flexibility index (Phi) is 2.80. The van der Waals surface area contributed by atoms with Gasteiger partial charge in [0.2, 0.25) is 11.0 Å². The maximum atomic E-state index is 12.2. The highest BCUT2D eigenvalue weighted by Crippen LogP contribution is 2.48. The predicted molar refractivity (Wildman–Crippen MR) is 77.8 cm³/mol. The zero-order valence-corrected chi connectivity index (χ0v) is 11.8. The van der Waals surface area contributed by atoms with Crippen LogP contribution in [-0.4, -0.2) is 16.1 Å². The first-order valence-corrected chi connectivity index (χ1v) is 7.82. The van der Waals surface area contributed by atoms with Crippen LogP contribution in [-0.2, 0) is 4.79 Å². The van der Waals surface area contributed by atoms with E-state index in [2.05, 4.69) is 27.6 Å². The van der Waals surface area contributed by atoms with Crippen LogP contribution in [0.5, 0.6) is 0 Å². The summed E-state index contributed by atoms with van der Waals surface area (Å²) in [6.45, 7) is 0. The van der Waals surface area contributed by atoms with Crippen LogP contribution in [0, 0.1) is 5.92 Å². The second-order valence-corrected chi connectivity index (χ2v) is 6.58. The van der Waals surface area contributed by atoms with Crippen LogP contribution in [0.4, 0.5) is 5.13 Å². The third-order valence-electron chi connectivity index (χ3n) is 3.95. The van der Waals surface area contributed by atoms with Crippen LogP contribution in [0.2, 0.25) is 0 Å². The normalized spacial score (nSPS) is 24.4. The number of carbonyl (C=O) groups excluding carboxylic acids is 1. The van der Waals surface area contributed by atoms with E-state index >= 15 is 0 Å². The molecular weight excluding hydrogens is 270 g/mol. The number of anilines is 1. The van der Waals surface area contributed by atoms with Crippen molar-refractivity contribution in [3.05, 3.63) is 40.9 Å². The lowest BCUT2D eigenvalue weighted by molar-refractivity contribution is -0.117. The maximum absolute atomic E-state index is 12.2. The van der Waals surface area contributed by atoms with Crippen molar-refractivity contribution >= 4 is 22.4 Å². The molecule has 1 amide bonds. The highest BCUT2D eigenvalue weighted by atomic mass is 32.1. The van der Waals surface area contributed by atoms with Gasteiger partial charge in [-0.1, -0.05) is 41.7 Å². The van der Waals surface area contributed by atoms with Crippen molar-refractivity contribution < 1.29 is 4.79 Å². The molecular formula is C15H15N3OS. The van der Waals surface area contributed by atoms with Crippen molar-refractivity contribution in [2.45, 2.75) is 31.1 Å². The SMILES string of the molecule is O=C(Nc1nnc(C2CC2)s1)C1CC1c1ccccc1. The van der Waals surface area contributed by atoms with E-state index in [0.717, 1.165) is 11.4 Å². The summed E-state index contributed by atoms with van der Waals surface area (Å²) in [5.74, 6) is 1.13. The fourth-order valence-electron chi connectivity index (χ4n) is 2.53. The van der Waals surface area contributed by atoms with Crippen LogP contribution >= 0.6 is 11.3 Å². The molecule has 2 saturated carbocycles. The minimum Gasteiger partial charge on any atom is -0.300 e. The van der Waals surface area contributed by atoms with Gasteiger partial charge >= 0.3 is 0 Å². The summed E-state index contributed by atoms with van der Waals surface area (Å²) >= 11 is 1.52. The van der Waals surface area contributed by atoms with E-state index in [1.54, 1.807) is 0 Å². The molecule has 2 aliphatic carbocycles. The minimum atomic E-state index is 0.0809. The first kappa shape index (κ1) is 12.0. The summed E-state index contributed by atoms with van der Waals surface area (Å²) in [5.41, 5.74) is 1.25. The summed E-state index contributed by atoms with van der Waals surface area (Å²) in [4.78, 5) is 12.2. The van der Waals surface area contributed by atoms with Crippen LogP contribution in [0.15, 0.2) is 30.3 Å². The molecule has 2 fully saturated rings. The van der Waals surface area contributed by atoms with Crippen LogP contribution in [0.25, 0.3) is 0 Å². The Bertz CT molecular complexity index is 636. The van der Waals surface area contributed by atoms with Gasteiger partial charge in [0.05, 0.1) is 0 Å². The van der Waals surface area contributed by atoms with Gasteiger partial charge in [0.25, 0.3) is 0 Å². The van der Waals surface area contributed by atoms with Crippen molar-refractivity contribution in [2.24, 2.45) is 5.92 Å². The number of hydrogen-bond donors (Lipinski definition) is 1. The standard InChI is InChI=1S/C15H15N3OS/c19-13(12-8-11(12)9-4-2-1-3-5-9)16-15-18-17-14(20-15)10-6-7-10/h1-5,10-12H,6-8H2,(H,16,18,19). The van der Waals surface area contributed by atoms with Crippen LogP contribution in [0.3, 0.4) is 0 Å². The number of hydrogen-bond acceptors (Lipinski definition) is 4. The van der Waals surface area contributed by atoms with Gasteiger partial charge in [-0.15, -0.1) is 10.2 Å². The maximum Gasteiger partial charge on any atom is 0.229 e. The molecule has 20 heavy (non-hydrogen) atoms. The van der Waals surface area contributed by atoms with E-state index < -0.39 is 0 Å². The molecule has 0 radical (unpaired) electrons. The average Bonchev–Trinajstić information content (AvgIpc) is 3.39. The van der Waals surface area contributed by atoms with Gasteiger partial charge < -0.3 is 5.32 Å². The average molecular weight is 285 g/mol. The Morgan fingerprint density at radius 1 is 1.20 bits per heavy atom. The zero-order chi connectivity index (χ0) is 13.5. The highest BCUT2D eigenvalue weighted by Gasteiger charge is 2.44. The molecule has 0 saturated heterocycles. The van der Waals surface area contributed by atoms with E-state index in [-0.39, 0.29) is 11.8 Å². The van der Waals surface area contributed by atoms with Crippen LogP contribution < -0.4 is 5.32 Å². The van der Waals surface area contributed by atoms with Crippen molar-refractivity contribution in [1.29, 1.82) is 0 Å². The number of rotatable bonds is 4. The summed E-state index contributed by atoms with van der Waals surface area (Å²) in [6.07, 6.45) is 3.35. The Labute approximate surface area is 121 Å². The molecule has 102 valence electrons. The van der Waals surface area contributed by atoms with Gasteiger partial charge in [-0.05, 0) is 30.7 Å². The molecule has 5 heteroatoms. The van der Waals surface area contributed by atoms with Crippen LogP contribution in [0.1, 0.15) is 41.7 Å². The Morgan fingerprint density at radius 2 is 2.00 bits per heavy atom. The van der Waals surface area contributed by atoms with Gasteiger partial charge in [0, 0.05) is 11.8 Å². The topological polar surface area (TPSA) is 54.9 Å². The second kappa shape index (κ2) is 4.66. The number of benzene rings is 1. The number of nitrogens with one attached hydrogen (secondary N) is 1. The number of nitrogens with zero attached hydrogens (tertiary/aromatic N) is 2. The summed E-state index contributed by atoms with van der Waals surface area (Å²) in [5, 5.41) is 12.8. The Morgan fingerprint density at radius 3 is 2.75 bits per heavy atom. The third-order valence-corrected chi connectivity index (χ3v) is 4.95. The quantitative estimate of drug-likeness (QED) is 0.938. The Hall–Kier alpha value is -1.75. The number of amides is 1. The van der Waals surface area contributed by atoms with Crippen molar-refractivity contribution in [1.82, 2.24) is 10.2 Å². The lowest BCUT2D eigenvalue weighted by Crippen LogP contribution is -2.14. The predicted octanol–water partition coefficient (Wildman–Crippen LogP) is 3.16. The molecule has 2 aromatic rings. The molecule has 2 atom stereocenters. The fourth-order valence-corrected chi connectivity index (χ4v) is 3.45. The first-order valence-electron chi connectivity index (χ1n) is 7.00. The monoisotopic (exact) mass is 285 g/mol. The van der Waals surface area contributed by atoms with Gasteiger partial charge in [-0.25, -0.2) is 0 Å². The van der Waals surface area contributed by atoms with Gasteiger partial charge in [0.15, 0.2) is 0 Å². The minimum absolute atomic E-state index is 0.0809. The smallest absolute Gasteiger partial charge is 0.229 e. The molecule has 4 nitrogen and oxygen atoms in total. The summed E-state index contributed by atoms with van der Waals surface area (Å²) in [6, 6.07) is 10.2. The molecule has 0 aliphatic heterocycles. The lowest BCUT2D eigenvalue weighted by Gasteiger charge is -2.00. The lowest BCUT2D eigenvalue weighted by atomic mass is 10.1. The molecule has 1 N–H and O–H groups in total. The molecule has 0 bridgehead atoms. The van der Waals surface area contributed by atoms with E-state index in [0.29, 0.717) is 17.0 Å². The zero-order valence-electron chi connectivity index (χ0n) is 11.0. The van der Waals surface area contributed by atoms with Crippen molar-refractivity contribution in [3.63, 3.8) is 0 Å². The summed E-state index contributed by atoms with van der Waals surface area (Å²) in [7, 11) is 0. The molecule has 1 aromatic heterocycles. The number of aromatic nitrogens is 2. The van der Waals surface area contributed by atoms with Gasteiger partial charge in [0.1, 0.15) is 5.01 Å². The second-order valence-electron chi connectivity index (χ2n) is 5.57. The molecule has 2 aliphatic rings. The van der Waals surface area contributed by atoms with E-state index in [9.17, 15) is 4.79 Å². The molecule has 0 spiro atoms. The van der Waals surface area contributed by atoms with E-state index in [4.69, 9.17) is 0 Å².